The van der Waals surface area contributed by atoms with Crippen LogP contribution in [0.1, 0.15) is 24.4 Å². The van der Waals surface area contributed by atoms with E-state index in [0.29, 0.717) is 0 Å². The summed E-state index contributed by atoms with van der Waals surface area (Å²) in [5, 5.41) is 3.28. The van der Waals surface area contributed by atoms with Crippen molar-refractivity contribution in [3.8, 4) is 11.3 Å². The molecule has 1 saturated carbocycles. The van der Waals surface area contributed by atoms with E-state index in [9.17, 15) is 0 Å². The second-order valence-electron chi connectivity index (χ2n) is 5.38. The first-order chi connectivity index (χ1) is 9.14. The number of likely N-dealkylation sites (N-methyl/N-ethyl adjacent to an activating group) is 1. The monoisotopic (exact) mass is 319 g/mol. The van der Waals surface area contributed by atoms with Crippen molar-refractivity contribution in [1.82, 2.24) is 15.3 Å². The molecule has 0 aliphatic heterocycles. The first-order valence-corrected chi connectivity index (χ1v) is 7.41. The average molecular weight is 320 g/mol. The normalized spacial score (nSPS) is 16.6. The van der Waals surface area contributed by atoms with Crippen LogP contribution in [0, 0.1) is 6.92 Å². The fraction of sp³-hybridized carbons (Fsp3) is 0.400. The molecule has 1 aliphatic rings. The van der Waals surface area contributed by atoms with E-state index in [1.54, 1.807) is 0 Å². The quantitative estimate of drug-likeness (QED) is 0.906. The van der Waals surface area contributed by atoms with E-state index in [1.807, 2.05) is 19.2 Å². The van der Waals surface area contributed by atoms with Crippen LogP contribution in [0.2, 0.25) is 0 Å². The summed E-state index contributed by atoms with van der Waals surface area (Å²) in [5.74, 6) is 1.13. The van der Waals surface area contributed by atoms with Crippen LogP contribution in [-0.2, 0) is 5.41 Å². The van der Waals surface area contributed by atoms with Crippen molar-refractivity contribution in [2.75, 3.05) is 13.6 Å². The molecular formula is C15H18BrN3. The Kier molecular flexibility index (Phi) is 3.23. The maximum atomic E-state index is 4.86. The van der Waals surface area contributed by atoms with Gasteiger partial charge in [0.25, 0.3) is 0 Å². The van der Waals surface area contributed by atoms with Gasteiger partial charge in [0, 0.05) is 27.7 Å². The predicted octanol–water partition coefficient (Wildman–Crippen LogP) is 3.40. The topological polar surface area (TPSA) is 40.7 Å². The minimum atomic E-state index is 0.240. The summed E-state index contributed by atoms with van der Waals surface area (Å²) in [6, 6.07) is 8.31. The third kappa shape index (κ3) is 2.35. The predicted molar refractivity (Wildman–Crippen MR) is 81.3 cm³/mol. The molecule has 1 aromatic carbocycles. The van der Waals surface area contributed by atoms with Crippen LogP contribution < -0.4 is 5.32 Å². The second-order valence-corrected chi connectivity index (χ2v) is 6.30. The van der Waals surface area contributed by atoms with Crippen LogP contribution in [0.4, 0.5) is 0 Å². The van der Waals surface area contributed by atoms with Gasteiger partial charge in [0.05, 0.1) is 5.69 Å². The van der Waals surface area contributed by atoms with Crippen molar-refractivity contribution >= 4 is 15.9 Å². The largest absolute Gasteiger partial charge is 0.345 e. The lowest BCUT2D eigenvalue weighted by Gasteiger charge is -2.10. The van der Waals surface area contributed by atoms with Gasteiger partial charge in [-0.15, -0.1) is 0 Å². The van der Waals surface area contributed by atoms with Crippen LogP contribution in [-0.4, -0.2) is 23.6 Å². The zero-order chi connectivity index (χ0) is 13.5. The number of nitrogens with one attached hydrogen (secondary N) is 2. The van der Waals surface area contributed by atoms with Crippen molar-refractivity contribution < 1.29 is 0 Å². The number of H-pyrrole nitrogens is 1. The van der Waals surface area contributed by atoms with Gasteiger partial charge < -0.3 is 10.3 Å². The maximum Gasteiger partial charge on any atom is 0.114 e. The highest BCUT2D eigenvalue weighted by atomic mass is 79.9. The van der Waals surface area contributed by atoms with Crippen LogP contribution >= 0.6 is 15.9 Å². The molecule has 19 heavy (non-hydrogen) atoms. The fourth-order valence-corrected chi connectivity index (χ4v) is 3.01. The number of nitrogens with zero attached hydrogens (tertiary/aromatic N) is 1. The van der Waals surface area contributed by atoms with E-state index in [1.165, 1.54) is 12.8 Å². The molecule has 0 radical (unpaired) electrons. The number of aromatic nitrogens is 2. The lowest BCUT2D eigenvalue weighted by atomic mass is 10.1. The van der Waals surface area contributed by atoms with Crippen molar-refractivity contribution in [3.63, 3.8) is 0 Å². The molecule has 1 aliphatic carbocycles. The number of halogens is 1. The summed E-state index contributed by atoms with van der Waals surface area (Å²) in [7, 11) is 2.01. The number of hydrogen-bond acceptors (Lipinski definition) is 2. The zero-order valence-corrected chi connectivity index (χ0v) is 12.8. The molecule has 3 rings (SSSR count). The summed E-state index contributed by atoms with van der Waals surface area (Å²) in [5.41, 5.74) is 3.62. The maximum absolute atomic E-state index is 4.86. The number of benzene rings is 1. The van der Waals surface area contributed by atoms with E-state index in [2.05, 4.69) is 45.3 Å². The number of rotatable bonds is 4. The van der Waals surface area contributed by atoms with Gasteiger partial charge in [-0.3, -0.25) is 0 Å². The molecule has 3 nitrogen and oxygen atoms in total. The molecule has 2 aromatic rings. The van der Waals surface area contributed by atoms with Crippen molar-refractivity contribution in [2.24, 2.45) is 0 Å². The Morgan fingerprint density at radius 3 is 2.84 bits per heavy atom. The Bertz CT molecular complexity index is 599. The van der Waals surface area contributed by atoms with Gasteiger partial charge in [-0.25, -0.2) is 4.98 Å². The molecule has 1 heterocycles. The van der Waals surface area contributed by atoms with Gasteiger partial charge in [-0.05, 0) is 38.9 Å². The van der Waals surface area contributed by atoms with E-state index in [-0.39, 0.29) is 5.41 Å². The SMILES string of the molecule is CNCC1(c2nc(-c3cccc(Br)c3)c(C)[nH]2)CC1. The number of aryl methyl sites for hydroxylation is 1. The first kappa shape index (κ1) is 12.9. The molecule has 2 N–H and O–H groups in total. The lowest BCUT2D eigenvalue weighted by Crippen LogP contribution is -2.24. The van der Waals surface area contributed by atoms with E-state index in [4.69, 9.17) is 4.98 Å². The van der Waals surface area contributed by atoms with Crippen molar-refractivity contribution in [1.29, 1.82) is 0 Å². The fourth-order valence-electron chi connectivity index (χ4n) is 2.61. The lowest BCUT2D eigenvalue weighted by molar-refractivity contribution is 0.593. The molecule has 1 fully saturated rings. The number of hydrogen-bond donors (Lipinski definition) is 2. The Labute approximate surface area is 122 Å². The van der Waals surface area contributed by atoms with Crippen LogP contribution in [0.3, 0.4) is 0 Å². The first-order valence-electron chi connectivity index (χ1n) is 6.62. The summed E-state index contributed by atoms with van der Waals surface area (Å²) in [4.78, 5) is 8.34. The van der Waals surface area contributed by atoms with Crippen LogP contribution in [0.15, 0.2) is 28.7 Å². The molecule has 4 heteroatoms. The molecule has 0 spiro atoms. The number of aromatic amines is 1. The Morgan fingerprint density at radius 1 is 1.42 bits per heavy atom. The van der Waals surface area contributed by atoms with Gasteiger partial charge in [0.15, 0.2) is 0 Å². The van der Waals surface area contributed by atoms with E-state index in [0.717, 1.165) is 33.8 Å². The van der Waals surface area contributed by atoms with Crippen LogP contribution in [0.25, 0.3) is 11.3 Å². The summed E-state index contributed by atoms with van der Waals surface area (Å²) < 4.78 is 1.09. The third-order valence-electron chi connectivity index (χ3n) is 3.85. The number of imidazole rings is 1. The van der Waals surface area contributed by atoms with Gasteiger partial charge in [0.2, 0.25) is 0 Å². The van der Waals surface area contributed by atoms with Crippen molar-refractivity contribution in [3.05, 3.63) is 40.3 Å². The average Bonchev–Trinajstić information content (AvgIpc) is 3.05. The molecule has 0 unspecified atom stereocenters. The standard InChI is InChI=1S/C15H18BrN3/c1-10-13(11-4-3-5-12(16)8-11)19-14(18-10)15(6-7-15)9-17-2/h3-5,8,17H,6-7,9H2,1-2H3,(H,18,19). The molecule has 0 atom stereocenters. The van der Waals surface area contributed by atoms with E-state index >= 15 is 0 Å². The molecule has 0 saturated heterocycles. The van der Waals surface area contributed by atoms with Gasteiger partial charge in [-0.2, -0.15) is 0 Å². The highest BCUT2D eigenvalue weighted by Gasteiger charge is 2.46. The highest BCUT2D eigenvalue weighted by Crippen LogP contribution is 2.47. The van der Waals surface area contributed by atoms with Gasteiger partial charge in [0.1, 0.15) is 5.82 Å². The Hall–Kier alpha value is -1.13. The smallest absolute Gasteiger partial charge is 0.114 e. The minimum absolute atomic E-state index is 0.240. The van der Waals surface area contributed by atoms with Gasteiger partial charge >= 0.3 is 0 Å². The molecule has 100 valence electrons. The van der Waals surface area contributed by atoms with Crippen LogP contribution in [0.5, 0.6) is 0 Å². The molecule has 1 aromatic heterocycles. The summed E-state index contributed by atoms with van der Waals surface area (Å²) >= 11 is 3.52. The van der Waals surface area contributed by atoms with Crippen molar-refractivity contribution in [2.45, 2.75) is 25.2 Å². The third-order valence-corrected chi connectivity index (χ3v) is 4.35. The summed E-state index contributed by atoms with van der Waals surface area (Å²) in [6.45, 7) is 3.10. The summed E-state index contributed by atoms with van der Waals surface area (Å²) in [6.07, 6.45) is 2.44. The Balaban J connectivity index is 1.98. The Morgan fingerprint density at radius 2 is 2.21 bits per heavy atom. The zero-order valence-electron chi connectivity index (χ0n) is 11.3. The molecule has 0 bridgehead atoms. The minimum Gasteiger partial charge on any atom is -0.345 e. The van der Waals surface area contributed by atoms with Gasteiger partial charge in [-0.1, -0.05) is 28.1 Å². The second kappa shape index (κ2) is 4.76. The van der Waals surface area contributed by atoms with E-state index < -0.39 is 0 Å². The molecular weight excluding hydrogens is 302 g/mol. The molecule has 0 amide bonds. The highest BCUT2D eigenvalue weighted by molar-refractivity contribution is 9.10.